The number of hydrogen-bond acceptors (Lipinski definition) is 8. The van der Waals surface area contributed by atoms with Gasteiger partial charge < -0.3 is 25.0 Å². The Kier molecular flexibility index (Phi) is 5.27. The molecule has 33 heavy (non-hydrogen) atoms. The molecule has 2 aromatic rings. The summed E-state index contributed by atoms with van der Waals surface area (Å²) in [6.07, 6.45) is 10.6. The Morgan fingerprint density at radius 3 is 2.79 bits per heavy atom. The molecule has 2 fully saturated rings. The van der Waals surface area contributed by atoms with Crippen LogP contribution in [0, 0.1) is 5.92 Å². The molecule has 1 aliphatic carbocycles. The van der Waals surface area contributed by atoms with E-state index in [0.29, 0.717) is 31.0 Å². The second kappa shape index (κ2) is 8.43. The van der Waals surface area contributed by atoms with Gasteiger partial charge in [0.05, 0.1) is 18.9 Å². The minimum Gasteiger partial charge on any atom is -0.464 e. The summed E-state index contributed by atoms with van der Waals surface area (Å²) in [7, 11) is 0. The number of fused-ring (bicyclic) bond motifs is 4. The average molecular weight is 447 g/mol. The van der Waals surface area contributed by atoms with Crippen LogP contribution in [0.3, 0.4) is 0 Å². The van der Waals surface area contributed by atoms with Crippen LogP contribution in [0.2, 0.25) is 0 Å². The average Bonchev–Trinajstić information content (AvgIpc) is 2.85. The van der Waals surface area contributed by atoms with Gasteiger partial charge in [0.1, 0.15) is 0 Å². The van der Waals surface area contributed by atoms with Crippen LogP contribution in [-0.4, -0.2) is 59.2 Å². The molecular weight excluding hydrogens is 416 g/mol. The van der Waals surface area contributed by atoms with Gasteiger partial charge in [0.25, 0.3) is 0 Å². The maximum absolute atomic E-state index is 6.49. The van der Waals surface area contributed by atoms with Gasteiger partial charge in [-0.1, -0.05) is 6.92 Å². The van der Waals surface area contributed by atoms with Crippen molar-refractivity contribution < 1.29 is 9.47 Å². The fraction of sp³-hybridized carbons (Fsp3) is 0.480. The van der Waals surface area contributed by atoms with Crippen LogP contribution in [0.25, 0.3) is 11.1 Å². The minimum atomic E-state index is -0.516. The Morgan fingerprint density at radius 1 is 1.12 bits per heavy atom. The number of nitrogens with one attached hydrogen (secondary N) is 2. The highest BCUT2D eigenvalue weighted by molar-refractivity contribution is 5.73. The van der Waals surface area contributed by atoms with E-state index in [1.807, 2.05) is 18.3 Å². The number of pyridine rings is 1. The van der Waals surface area contributed by atoms with Gasteiger partial charge >= 0.3 is 0 Å². The van der Waals surface area contributed by atoms with Crippen LogP contribution in [-0.2, 0) is 10.3 Å². The molecule has 4 aliphatic rings. The van der Waals surface area contributed by atoms with Crippen molar-refractivity contribution in [1.82, 2.24) is 25.2 Å². The molecule has 1 atom stereocenters. The van der Waals surface area contributed by atoms with Crippen molar-refractivity contribution in [2.45, 2.75) is 31.8 Å². The fourth-order valence-corrected chi connectivity index (χ4v) is 5.37. The van der Waals surface area contributed by atoms with E-state index in [4.69, 9.17) is 14.5 Å². The van der Waals surface area contributed by atoms with Crippen molar-refractivity contribution in [3.05, 3.63) is 53.8 Å². The molecule has 0 saturated carbocycles. The summed E-state index contributed by atoms with van der Waals surface area (Å²) < 4.78 is 12.1. The van der Waals surface area contributed by atoms with Crippen LogP contribution in [0.5, 0.6) is 5.88 Å². The van der Waals surface area contributed by atoms with E-state index >= 15 is 0 Å². The Balaban J connectivity index is 1.30. The SMILES string of the molecule is CC1CC(Nc2ncc3c(n2)C2(CCOCC2)Oc2ncccc2-3)=CC=C1N1CCNCC1. The number of allylic oxidation sites excluding steroid dienone is 4. The lowest BCUT2D eigenvalue weighted by Crippen LogP contribution is -2.44. The van der Waals surface area contributed by atoms with Crippen molar-refractivity contribution in [3.8, 4) is 17.0 Å². The normalized spacial score (nSPS) is 23.7. The van der Waals surface area contributed by atoms with E-state index < -0.39 is 5.60 Å². The maximum Gasteiger partial charge on any atom is 0.227 e. The molecule has 8 nitrogen and oxygen atoms in total. The number of aromatic nitrogens is 3. The monoisotopic (exact) mass is 446 g/mol. The molecular formula is C25H30N6O2. The number of piperazine rings is 1. The first kappa shape index (κ1) is 20.6. The van der Waals surface area contributed by atoms with Gasteiger partial charge in [0.2, 0.25) is 11.8 Å². The van der Waals surface area contributed by atoms with Crippen molar-refractivity contribution in [2.75, 3.05) is 44.7 Å². The summed E-state index contributed by atoms with van der Waals surface area (Å²) in [5.74, 6) is 1.73. The topological polar surface area (TPSA) is 84.4 Å². The molecule has 2 saturated heterocycles. The summed E-state index contributed by atoms with van der Waals surface area (Å²) in [6, 6.07) is 3.95. The standard InChI is InChI=1S/C25H30N6O2/c1-17-15-18(4-5-21(17)31-11-9-26-10-12-31)29-24-28-16-20-19-3-2-8-27-23(19)33-25(22(20)30-24)6-13-32-14-7-25/h2-5,8,16-17,26H,6-7,9-15H2,1H3,(H,28,29,30). The van der Waals surface area contributed by atoms with E-state index in [9.17, 15) is 0 Å². The second-order valence-electron chi connectivity index (χ2n) is 9.27. The van der Waals surface area contributed by atoms with Crippen molar-refractivity contribution >= 4 is 5.95 Å². The third-order valence-electron chi connectivity index (χ3n) is 7.11. The van der Waals surface area contributed by atoms with Crippen LogP contribution >= 0.6 is 0 Å². The number of rotatable bonds is 3. The zero-order valence-electron chi connectivity index (χ0n) is 19.0. The van der Waals surface area contributed by atoms with E-state index in [-0.39, 0.29) is 0 Å². The summed E-state index contributed by atoms with van der Waals surface area (Å²) in [5.41, 5.74) is 4.94. The molecule has 0 aromatic carbocycles. The Morgan fingerprint density at radius 2 is 1.97 bits per heavy atom. The predicted molar refractivity (Wildman–Crippen MR) is 126 cm³/mol. The van der Waals surface area contributed by atoms with Crippen LogP contribution in [0.1, 0.15) is 31.9 Å². The number of ether oxygens (including phenoxy) is 2. The molecule has 6 rings (SSSR count). The summed E-state index contributed by atoms with van der Waals surface area (Å²) in [4.78, 5) is 16.7. The fourth-order valence-electron chi connectivity index (χ4n) is 5.37. The van der Waals surface area contributed by atoms with Crippen molar-refractivity contribution in [3.63, 3.8) is 0 Å². The summed E-state index contributed by atoms with van der Waals surface area (Å²) >= 11 is 0. The zero-order valence-corrected chi connectivity index (χ0v) is 19.0. The molecule has 2 aromatic heterocycles. The highest BCUT2D eigenvalue weighted by atomic mass is 16.5. The molecule has 1 spiro atoms. The highest BCUT2D eigenvalue weighted by Gasteiger charge is 2.44. The third-order valence-corrected chi connectivity index (χ3v) is 7.11. The van der Waals surface area contributed by atoms with Gasteiger partial charge in [-0.05, 0) is 30.7 Å². The molecule has 2 N–H and O–H groups in total. The van der Waals surface area contributed by atoms with E-state index in [0.717, 1.165) is 68.0 Å². The quantitative estimate of drug-likeness (QED) is 0.744. The van der Waals surface area contributed by atoms with Crippen LogP contribution in [0.4, 0.5) is 5.95 Å². The predicted octanol–water partition coefficient (Wildman–Crippen LogP) is 3.06. The Labute approximate surface area is 194 Å². The lowest BCUT2D eigenvalue weighted by molar-refractivity contribution is -0.0563. The van der Waals surface area contributed by atoms with Crippen LogP contribution in [0.15, 0.2) is 48.1 Å². The largest absolute Gasteiger partial charge is 0.464 e. The first-order chi connectivity index (χ1) is 16.2. The third kappa shape index (κ3) is 3.77. The first-order valence-corrected chi connectivity index (χ1v) is 11.9. The van der Waals surface area contributed by atoms with Gasteiger partial charge in [0, 0.05) is 79.9 Å². The minimum absolute atomic E-state index is 0.455. The molecule has 5 heterocycles. The first-order valence-electron chi connectivity index (χ1n) is 11.9. The second-order valence-corrected chi connectivity index (χ2v) is 9.27. The Hall–Kier alpha value is -2.97. The van der Waals surface area contributed by atoms with Gasteiger partial charge in [-0.2, -0.15) is 0 Å². The zero-order chi connectivity index (χ0) is 22.3. The molecule has 0 bridgehead atoms. The highest BCUT2D eigenvalue weighted by Crippen LogP contribution is 2.47. The van der Waals surface area contributed by atoms with Crippen molar-refractivity contribution in [1.29, 1.82) is 0 Å². The maximum atomic E-state index is 6.49. The summed E-state index contributed by atoms with van der Waals surface area (Å²) in [5, 5.41) is 6.92. The number of anilines is 1. The lowest BCUT2D eigenvalue weighted by Gasteiger charge is -2.40. The number of hydrogen-bond donors (Lipinski definition) is 2. The lowest BCUT2D eigenvalue weighted by atomic mass is 9.84. The molecule has 1 unspecified atom stereocenters. The Bertz CT molecular complexity index is 1100. The number of nitrogens with zero attached hydrogens (tertiary/aromatic N) is 4. The van der Waals surface area contributed by atoms with Gasteiger partial charge in [-0.15, -0.1) is 0 Å². The van der Waals surface area contributed by atoms with Gasteiger partial charge in [-0.3, -0.25) is 0 Å². The molecule has 3 aliphatic heterocycles. The molecule has 172 valence electrons. The molecule has 0 radical (unpaired) electrons. The van der Waals surface area contributed by atoms with E-state index in [1.165, 1.54) is 5.70 Å². The van der Waals surface area contributed by atoms with Crippen LogP contribution < -0.4 is 15.4 Å². The molecule has 0 amide bonds. The van der Waals surface area contributed by atoms with Gasteiger partial charge in [0.15, 0.2) is 5.60 Å². The molecule has 8 heteroatoms. The van der Waals surface area contributed by atoms with E-state index in [2.05, 4.69) is 44.6 Å². The van der Waals surface area contributed by atoms with E-state index in [1.54, 1.807) is 6.20 Å². The smallest absolute Gasteiger partial charge is 0.227 e. The van der Waals surface area contributed by atoms with Crippen molar-refractivity contribution in [2.24, 2.45) is 5.92 Å². The summed E-state index contributed by atoms with van der Waals surface area (Å²) in [6.45, 7) is 7.84. The van der Waals surface area contributed by atoms with Gasteiger partial charge in [-0.25, -0.2) is 15.0 Å².